The number of amides is 1. The third-order valence-corrected chi connectivity index (χ3v) is 7.93. The highest BCUT2D eigenvalue weighted by Crippen LogP contribution is 2.25. The number of halogens is 1. The molecule has 0 saturated carbocycles. The predicted molar refractivity (Wildman–Crippen MR) is 129 cm³/mol. The van der Waals surface area contributed by atoms with E-state index in [4.69, 9.17) is 11.6 Å². The second kappa shape index (κ2) is 10.5. The van der Waals surface area contributed by atoms with E-state index in [0.717, 1.165) is 11.1 Å². The van der Waals surface area contributed by atoms with Gasteiger partial charge in [0.25, 0.3) is 0 Å². The SMILES string of the molecule is O=C(NCc1ccccc1)[C@@H](c1ccccc1)N1CCN(S(=O)(=O)c2ccc(Cl)cc2)CC1. The fourth-order valence-corrected chi connectivity index (χ4v) is 5.55. The van der Waals surface area contributed by atoms with E-state index >= 15 is 0 Å². The number of hydrogen-bond acceptors (Lipinski definition) is 4. The monoisotopic (exact) mass is 483 g/mol. The Morgan fingerprint density at radius 3 is 2.03 bits per heavy atom. The summed E-state index contributed by atoms with van der Waals surface area (Å²) < 4.78 is 27.5. The van der Waals surface area contributed by atoms with Crippen molar-refractivity contribution in [2.45, 2.75) is 17.5 Å². The summed E-state index contributed by atoms with van der Waals surface area (Å²) in [7, 11) is -3.61. The minimum atomic E-state index is -3.61. The zero-order valence-corrected chi connectivity index (χ0v) is 19.7. The molecule has 8 heteroatoms. The van der Waals surface area contributed by atoms with Crippen LogP contribution >= 0.6 is 11.6 Å². The largest absolute Gasteiger partial charge is 0.350 e. The summed E-state index contributed by atoms with van der Waals surface area (Å²) in [4.78, 5) is 15.5. The van der Waals surface area contributed by atoms with Gasteiger partial charge in [-0.2, -0.15) is 4.31 Å². The van der Waals surface area contributed by atoms with Gasteiger partial charge in [-0.3, -0.25) is 9.69 Å². The third kappa shape index (κ3) is 5.62. The molecule has 4 rings (SSSR count). The summed E-state index contributed by atoms with van der Waals surface area (Å²) in [6, 6.07) is 25.1. The number of rotatable bonds is 7. The Balaban J connectivity index is 1.47. The Morgan fingerprint density at radius 1 is 0.848 bits per heavy atom. The Kier molecular flexibility index (Phi) is 7.45. The van der Waals surface area contributed by atoms with Gasteiger partial charge in [-0.25, -0.2) is 8.42 Å². The molecular formula is C25H26ClN3O3S. The van der Waals surface area contributed by atoms with E-state index in [1.807, 2.05) is 65.6 Å². The number of hydrogen-bond donors (Lipinski definition) is 1. The maximum Gasteiger partial charge on any atom is 0.243 e. The standard InChI is InChI=1S/C25H26ClN3O3S/c26-22-11-13-23(14-12-22)33(31,32)29-17-15-28(16-18-29)24(21-9-5-2-6-10-21)25(30)27-19-20-7-3-1-4-8-20/h1-14,24H,15-19H2,(H,27,30)/t24-/m1/s1. The van der Waals surface area contributed by atoms with Crippen molar-refractivity contribution in [1.82, 2.24) is 14.5 Å². The minimum Gasteiger partial charge on any atom is -0.350 e. The molecule has 0 bridgehead atoms. The van der Waals surface area contributed by atoms with Crippen molar-refractivity contribution in [2.24, 2.45) is 0 Å². The second-order valence-electron chi connectivity index (χ2n) is 7.91. The van der Waals surface area contributed by atoms with Crippen LogP contribution in [0.3, 0.4) is 0 Å². The van der Waals surface area contributed by atoms with Crippen LogP contribution in [0.4, 0.5) is 0 Å². The molecule has 1 fully saturated rings. The van der Waals surface area contributed by atoms with E-state index < -0.39 is 16.1 Å². The fourth-order valence-electron chi connectivity index (χ4n) is 4.00. The first-order valence-electron chi connectivity index (χ1n) is 10.8. The molecule has 1 N–H and O–H groups in total. The number of nitrogens with one attached hydrogen (secondary N) is 1. The molecule has 0 aromatic heterocycles. The Labute approximate surface area is 199 Å². The first kappa shape index (κ1) is 23.4. The van der Waals surface area contributed by atoms with E-state index in [1.165, 1.54) is 16.4 Å². The van der Waals surface area contributed by atoms with Crippen LogP contribution in [0.2, 0.25) is 5.02 Å². The molecule has 0 radical (unpaired) electrons. The molecule has 1 amide bonds. The van der Waals surface area contributed by atoms with Crippen molar-refractivity contribution in [1.29, 1.82) is 0 Å². The van der Waals surface area contributed by atoms with Crippen molar-refractivity contribution < 1.29 is 13.2 Å². The van der Waals surface area contributed by atoms with Gasteiger partial charge in [-0.15, -0.1) is 0 Å². The molecule has 33 heavy (non-hydrogen) atoms. The van der Waals surface area contributed by atoms with Crippen LogP contribution in [0.5, 0.6) is 0 Å². The maximum absolute atomic E-state index is 13.3. The summed E-state index contributed by atoms with van der Waals surface area (Å²) >= 11 is 5.90. The molecule has 1 heterocycles. The summed E-state index contributed by atoms with van der Waals surface area (Å²) in [5.41, 5.74) is 1.91. The normalized spacial score (nSPS) is 16.3. The summed E-state index contributed by atoms with van der Waals surface area (Å²) in [6.45, 7) is 1.95. The van der Waals surface area contributed by atoms with Gasteiger partial charge in [0, 0.05) is 37.7 Å². The highest BCUT2D eigenvalue weighted by Gasteiger charge is 2.34. The highest BCUT2D eigenvalue weighted by atomic mass is 35.5. The van der Waals surface area contributed by atoms with E-state index in [0.29, 0.717) is 37.7 Å². The maximum atomic E-state index is 13.3. The van der Waals surface area contributed by atoms with Crippen LogP contribution in [0.25, 0.3) is 0 Å². The first-order valence-corrected chi connectivity index (χ1v) is 12.6. The smallest absolute Gasteiger partial charge is 0.243 e. The average Bonchev–Trinajstić information content (AvgIpc) is 2.85. The molecule has 0 aliphatic carbocycles. The van der Waals surface area contributed by atoms with Crippen molar-refractivity contribution in [3.05, 3.63) is 101 Å². The van der Waals surface area contributed by atoms with Gasteiger partial charge in [0.15, 0.2) is 0 Å². The van der Waals surface area contributed by atoms with Gasteiger partial charge in [-0.1, -0.05) is 72.3 Å². The van der Waals surface area contributed by atoms with E-state index in [-0.39, 0.29) is 10.8 Å². The van der Waals surface area contributed by atoms with Crippen molar-refractivity contribution in [3.8, 4) is 0 Å². The lowest BCUT2D eigenvalue weighted by Crippen LogP contribution is -2.52. The van der Waals surface area contributed by atoms with Crippen LogP contribution in [0, 0.1) is 0 Å². The fraction of sp³-hybridized carbons (Fsp3) is 0.240. The number of carbonyl (C=O) groups is 1. The number of sulfonamides is 1. The molecule has 1 aliphatic heterocycles. The van der Waals surface area contributed by atoms with Crippen LogP contribution in [0.15, 0.2) is 89.8 Å². The Bertz CT molecular complexity index is 1160. The van der Waals surface area contributed by atoms with Crippen LogP contribution in [-0.2, 0) is 21.4 Å². The van der Waals surface area contributed by atoms with E-state index in [1.54, 1.807) is 12.1 Å². The van der Waals surface area contributed by atoms with Crippen molar-refractivity contribution in [3.63, 3.8) is 0 Å². The zero-order chi connectivity index (χ0) is 23.3. The van der Waals surface area contributed by atoms with Gasteiger partial charge in [0.2, 0.25) is 15.9 Å². The van der Waals surface area contributed by atoms with E-state index in [9.17, 15) is 13.2 Å². The number of benzene rings is 3. The lowest BCUT2D eigenvalue weighted by Gasteiger charge is -2.38. The molecule has 1 aliphatic rings. The molecule has 0 spiro atoms. The average molecular weight is 484 g/mol. The minimum absolute atomic E-state index is 0.0981. The number of carbonyl (C=O) groups excluding carboxylic acids is 1. The Morgan fingerprint density at radius 2 is 1.42 bits per heavy atom. The predicted octanol–water partition coefficient (Wildman–Crippen LogP) is 3.70. The molecule has 1 atom stereocenters. The van der Waals surface area contributed by atoms with Crippen molar-refractivity contribution >= 4 is 27.5 Å². The molecule has 6 nitrogen and oxygen atoms in total. The van der Waals surface area contributed by atoms with Crippen LogP contribution < -0.4 is 5.32 Å². The van der Waals surface area contributed by atoms with Gasteiger partial charge in [-0.05, 0) is 35.4 Å². The lowest BCUT2D eigenvalue weighted by molar-refractivity contribution is -0.127. The summed E-state index contributed by atoms with van der Waals surface area (Å²) in [5, 5.41) is 3.53. The molecule has 3 aromatic carbocycles. The van der Waals surface area contributed by atoms with Gasteiger partial charge < -0.3 is 5.32 Å². The molecule has 3 aromatic rings. The Hall–Kier alpha value is -2.71. The van der Waals surface area contributed by atoms with Crippen LogP contribution in [-0.4, -0.2) is 49.7 Å². The summed E-state index contributed by atoms with van der Waals surface area (Å²) in [5.74, 6) is -0.0981. The summed E-state index contributed by atoms with van der Waals surface area (Å²) in [6.07, 6.45) is 0. The van der Waals surface area contributed by atoms with Gasteiger partial charge in [0.05, 0.1) is 4.90 Å². The van der Waals surface area contributed by atoms with Gasteiger partial charge >= 0.3 is 0 Å². The van der Waals surface area contributed by atoms with Crippen LogP contribution in [0.1, 0.15) is 17.2 Å². The second-order valence-corrected chi connectivity index (χ2v) is 10.3. The lowest BCUT2D eigenvalue weighted by atomic mass is 10.0. The number of piperazine rings is 1. The van der Waals surface area contributed by atoms with Gasteiger partial charge in [0.1, 0.15) is 6.04 Å². The molecule has 0 unspecified atom stereocenters. The topological polar surface area (TPSA) is 69.7 Å². The van der Waals surface area contributed by atoms with Crippen molar-refractivity contribution in [2.75, 3.05) is 26.2 Å². The highest BCUT2D eigenvalue weighted by molar-refractivity contribution is 7.89. The molecule has 1 saturated heterocycles. The number of nitrogens with zero attached hydrogens (tertiary/aromatic N) is 2. The molecular weight excluding hydrogens is 458 g/mol. The third-order valence-electron chi connectivity index (χ3n) is 5.76. The quantitative estimate of drug-likeness (QED) is 0.556. The first-order chi connectivity index (χ1) is 15.9. The van der Waals surface area contributed by atoms with E-state index in [2.05, 4.69) is 5.32 Å². The zero-order valence-electron chi connectivity index (χ0n) is 18.1. The molecule has 172 valence electrons.